The second-order valence-corrected chi connectivity index (χ2v) is 8.40. The summed E-state index contributed by atoms with van der Waals surface area (Å²) in [5.41, 5.74) is 4.37. The van der Waals surface area contributed by atoms with E-state index >= 15 is 0 Å². The predicted molar refractivity (Wildman–Crippen MR) is 138 cm³/mol. The number of carbonyl (C=O) groups excluding carboxylic acids is 1. The summed E-state index contributed by atoms with van der Waals surface area (Å²) in [6.45, 7) is 0. The molecular formula is C30H30O5. The minimum absolute atomic E-state index is 0.0351. The molecule has 0 amide bonds. The number of hydrogen-bond donors (Lipinski definition) is 0. The lowest BCUT2D eigenvalue weighted by Gasteiger charge is -2.26. The Labute approximate surface area is 206 Å². The maximum Gasteiger partial charge on any atom is 0.185 e. The van der Waals surface area contributed by atoms with Crippen molar-refractivity contribution in [3.8, 4) is 23.0 Å². The number of ketones is 1. The van der Waals surface area contributed by atoms with Crippen LogP contribution in [0, 0.1) is 0 Å². The SMILES string of the molecule is COc1ccc(/C=C2\CC(c3ccccc3)C/C(=C\c3ccc(OC)cc3OC)C2=O)c(OC)c1. The highest BCUT2D eigenvalue weighted by molar-refractivity contribution is 6.14. The molecule has 4 rings (SSSR count). The highest BCUT2D eigenvalue weighted by Crippen LogP contribution is 2.40. The topological polar surface area (TPSA) is 54.0 Å². The zero-order valence-corrected chi connectivity index (χ0v) is 20.5. The molecule has 0 aromatic heterocycles. The van der Waals surface area contributed by atoms with E-state index in [1.807, 2.05) is 66.7 Å². The van der Waals surface area contributed by atoms with E-state index in [1.54, 1.807) is 28.4 Å². The van der Waals surface area contributed by atoms with Gasteiger partial charge < -0.3 is 18.9 Å². The second-order valence-electron chi connectivity index (χ2n) is 8.40. The lowest BCUT2D eigenvalue weighted by molar-refractivity contribution is -0.113. The summed E-state index contributed by atoms with van der Waals surface area (Å²) in [6.07, 6.45) is 5.17. The summed E-state index contributed by atoms with van der Waals surface area (Å²) in [6, 6.07) is 21.6. The van der Waals surface area contributed by atoms with E-state index in [9.17, 15) is 4.79 Å². The van der Waals surface area contributed by atoms with Crippen molar-refractivity contribution in [3.63, 3.8) is 0 Å². The van der Waals surface area contributed by atoms with Gasteiger partial charge in [-0.15, -0.1) is 0 Å². The largest absolute Gasteiger partial charge is 0.497 e. The van der Waals surface area contributed by atoms with Crippen LogP contribution >= 0.6 is 0 Å². The van der Waals surface area contributed by atoms with Crippen molar-refractivity contribution in [3.05, 3.63) is 94.6 Å². The van der Waals surface area contributed by atoms with E-state index in [-0.39, 0.29) is 11.7 Å². The lowest BCUT2D eigenvalue weighted by Crippen LogP contribution is -2.19. The molecular weight excluding hydrogens is 440 g/mol. The maximum atomic E-state index is 13.7. The van der Waals surface area contributed by atoms with Crippen LogP contribution in [0.15, 0.2) is 77.9 Å². The Kier molecular flexibility index (Phi) is 7.56. The first-order chi connectivity index (χ1) is 17.1. The molecule has 0 aliphatic heterocycles. The predicted octanol–water partition coefficient (Wildman–Crippen LogP) is 6.33. The Morgan fingerprint density at radius 3 is 1.57 bits per heavy atom. The molecule has 0 heterocycles. The van der Waals surface area contributed by atoms with Crippen LogP contribution in [0.4, 0.5) is 0 Å². The van der Waals surface area contributed by atoms with Crippen LogP contribution in [0.2, 0.25) is 0 Å². The minimum atomic E-state index is 0.0351. The molecule has 0 atom stereocenters. The number of Topliss-reactive ketones (excluding diaryl/α,β-unsaturated/α-hetero) is 1. The van der Waals surface area contributed by atoms with Crippen molar-refractivity contribution < 1.29 is 23.7 Å². The molecule has 35 heavy (non-hydrogen) atoms. The number of ether oxygens (including phenoxy) is 4. The Balaban J connectivity index is 1.79. The standard InChI is InChI=1S/C30H30O5/c1-32-26-12-10-21(28(18-26)34-3)14-24-16-23(20-8-6-5-7-9-20)17-25(30(24)31)15-22-11-13-27(33-2)19-29(22)35-4/h5-15,18-19,23H,16-17H2,1-4H3/b24-14+,25-15+. The fraction of sp³-hybridized carbons (Fsp3) is 0.233. The molecule has 3 aromatic rings. The third-order valence-electron chi connectivity index (χ3n) is 6.33. The number of carbonyl (C=O) groups is 1. The highest BCUT2D eigenvalue weighted by Gasteiger charge is 2.29. The maximum absolute atomic E-state index is 13.7. The van der Waals surface area contributed by atoms with Gasteiger partial charge in [-0.1, -0.05) is 30.3 Å². The normalized spacial score (nSPS) is 17.9. The van der Waals surface area contributed by atoms with Gasteiger partial charge in [-0.2, -0.15) is 0 Å². The summed E-state index contributed by atoms with van der Waals surface area (Å²) in [5, 5.41) is 0. The van der Waals surface area contributed by atoms with Gasteiger partial charge in [0.15, 0.2) is 5.78 Å². The minimum Gasteiger partial charge on any atom is -0.497 e. The lowest BCUT2D eigenvalue weighted by atomic mass is 9.76. The molecule has 0 bridgehead atoms. The molecule has 5 heteroatoms. The highest BCUT2D eigenvalue weighted by atomic mass is 16.5. The molecule has 1 aliphatic rings. The Morgan fingerprint density at radius 2 is 1.14 bits per heavy atom. The van der Waals surface area contributed by atoms with Crippen LogP contribution in [0.1, 0.15) is 35.4 Å². The van der Waals surface area contributed by atoms with E-state index < -0.39 is 0 Å². The van der Waals surface area contributed by atoms with Crippen LogP contribution in [-0.4, -0.2) is 34.2 Å². The Hall–Kier alpha value is -3.99. The van der Waals surface area contributed by atoms with E-state index in [0.29, 0.717) is 35.8 Å². The molecule has 0 saturated heterocycles. The molecule has 1 aliphatic carbocycles. The molecule has 0 radical (unpaired) electrons. The van der Waals surface area contributed by atoms with Gasteiger partial charge in [-0.05, 0) is 60.7 Å². The third kappa shape index (κ3) is 5.40. The van der Waals surface area contributed by atoms with Gasteiger partial charge in [0.05, 0.1) is 28.4 Å². The van der Waals surface area contributed by atoms with Gasteiger partial charge in [0.2, 0.25) is 0 Å². The molecule has 3 aromatic carbocycles. The second kappa shape index (κ2) is 11.0. The zero-order chi connectivity index (χ0) is 24.8. The fourth-order valence-electron chi connectivity index (χ4n) is 4.46. The van der Waals surface area contributed by atoms with Gasteiger partial charge >= 0.3 is 0 Å². The molecule has 0 unspecified atom stereocenters. The van der Waals surface area contributed by atoms with Crippen LogP contribution in [0.5, 0.6) is 23.0 Å². The van der Waals surface area contributed by atoms with Crippen LogP contribution < -0.4 is 18.9 Å². The summed E-state index contributed by atoms with van der Waals surface area (Å²) in [7, 11) is 6.47. The van der Waals surface area contributed by atoms with Crippen molar-refractivity contribution >= 4 is 17.9 Å². The van der Waals surface area contributed by atoms with Gasteiger partial charge in [-0.3, -0.25) is 4.79 Å². The first-order valence-corrected chi connectivity index (χ1v) is 11.5. The van der Waals surface area contributed by atoms with Crippen LogP contribution in [-0.2, 0) is 4.79 Å². The van der Waals surface area contributed by atoms with E-state index in [4.69, 9.17) is 18.9 Å². The Morgan fingerprint density at radius 1 is 0.657 bits per heavy atom. The third-order valence-corrected chi connectivity index (χ3v) is 6.33. The van der Waals surface area contributed by atoms with E-state index in [1.165, 1.54) is 5.56 Å². The molecule has 5 nitrogen and oxygen atoms in total. The average molecular weight is 471 g/mol. The molecule has 180 valence electrons. The molecule has 0 spiro atoms. The van der Waals surface area contributed by atoms with Crippen molar-refractivity contribution in [1.82, 2.24) is 0 Å². The van der Waals surface area contributed by atoms with Crippen molar-refractivity contribution in [2.75, 3.05) is 28.4 Å². The number of methoxy groups -OCH3 is 4. The summed E-state index contributed by atoms with van der Waals surface area (Å²) >= 11 is 0. The summed E-state index contributed by atoms with van der Waals surface area (Å²) < 4.78 is 21.8. The number of benzene rings is 3. The quantitative estimate of drug-likeness (QED) is 0.378. The van der Waals surface area contributed by atoms with Gasteiger partial charge in [-0.25, -0.2) is 0 Å². The van der Waals surface area contributed by atoms with E-state index in [0.717, 1.165) is 22.3 Å². The molecule has 1 saturated carbocycles. The van der Waals surface area contributed by atoms with Crippen molar-refractivity contribution in [1.29, 1.82) is 0 Å². The number of hydrogen-bond acceptors (Lipinski definition) is 5. The van der Waals surface area contributed by atoms with Gasteiger partial charge in [0.25, 0.3) is 0 Å². The number of rotatable bonds is 7. The monoisotopic (exact) mass is 470 g/mol. The molecule has 1 fully saturated rings. The summed E-state index contributed by atoms with van der Waals surface area (Å²) in [4.78, 5) is 13.7. The van der Waals surface area contributed by atoms with E-state index in [2.05, 4.69) is 12.1 Å². The fourth-order valence-corrected chi connectivity index (χ4v) is 4.46. The van der Waals surface area contributed by atoms with Crippen molar-refractivity contribution in [2.45, 2.75) is 18.8 Å². The average Bonchev–Trinajstić information content (AvgIpc) is 2.91. The first-order valence-electron chi connectivity index (χ1n) is 11.5. The Bertz CT molecular complexity index is 1180. The number of allylic oxidation sites excluding steroid dienone is 2. The summed E-state index contributed by atoms with van der Waals surface area (Å²) in [5.74, 6) is 2.94. The van der Waals surface area contributed by atoms with Gasteiger partial charge in [0.1, 0.15) is 23.0 Å². The van der Waals surface area contributed by atoms with Crippen molar-refractivity contribution in [2.24, 2.45) is 0 Å². The zero-order valence-electron chi connectivity index (χ0n) is 20.5. The first kappa shape index (κ1) is 24.1. The van der Waals surface area contributed by atoms with Gasteiger partial charge in [0, 0.05) is 34.4 Å². The van der Waals surface area contributed by atoms with Crippen LogP contribution in [0.25, 0.3) is 12.2 Å². The smallest absolute Gasteiger partial charge is 0.185 e. The van der Waals surface area contributed by atoms with Crippen LogP contribution in [0.3, 0.4) is 0 Å². The molecule has 0 N–H and O–H groups in total.